The van der Waals surface area contributed by atoms with Crippen molar-refractivity contribution in [2.24, 2.45) is 5.92 Å². The van der Waals surface area contributed by atoms with Crippen LogP contribution in [0.5, 0.6) is 0 Å². The van der Waals surface area contributed by atoms with Crippen LogP contribution in [0.15, 0.2) is 42.7 Å². The first-order valence-electron chi connectivity index (χ1n) is 6.97. The fraction of sp³-hybridized carbons (Fsp3) is 0.294. The SMILES string of the molecule is O=C(O)C1CC12CCc1cc(-c3cccnc3)ccc12. The second-order valence-corrected chi connectivity index (χ2v) is 5.86. The van der Waals surface area contributed by atoms with E-state index in [1.54, 1.807) is 6.20 Å². The van der Waals surface area contributed by atoms with Gasteiger partial charge < -0.3 is 5.11 Å². The number of hydrogen-bond donors (Lipinski definition) is 1. The molecule has 1 aromatic heterocycles. The van der Waals surface area contributed by atoms with Gasteiger partial charge in [0.05, 0.1) is 5.92 Å². The van der Waals surface area contributed by atoms with Gasteiger partial charge in [0.25, 0.3) is 0 Å². The minimum atomic E-state index is -0.644. The number of aromatic nitrogens is 1. The average molecular weight is 265 g/mol. The van der Waals surface area contributed by atoms with E-state index in [-0.39, 0.29) is 11.3 Å². The average Bonchev–Trinajstić information content (AvgIpc) is 3.11. The lowest BCUT2D eigenvalue weighted by molar-refractivity contribution is -0.139. The third-order valence-corrected chi connectivity index (χ3v) is 4.85. The summed E-state index contributed by atoms with van der Waals surface area (Å²) in [6.07, 6.45) is 6.42. The van der Waals surface area contributed by atoms with Gasteiger partial charge in [-0.3, -0.25) is 9.78 Å². The largest absolute Gasteiger partial charge is 0.481 e. The fourth-order valence-corrected chi connectivity index (χ4v) is 3.69. The highest BCUT2D eigenvalue weighted by Crippen LogP contribution is 2.61. The van der Waals surface area contributed by atoms with E-state index < -0.39 is 5.97 Å². The maximum atomic E-state index is 11.2. The number of rotatable bonds is 2. The number of carboxylic acids is 1. The van der Waals surface area contributed by atoms with Crippen LogP contribution in [0.25, 0.3) is 11.1 Å². The number of hydrogen-bond acceptors (Lipinski definition) is 2. The van der Waals surface area contributed by atoms with Crippen LogP contribution >= 0.6 is 0 Å². The van der Waals surface area contributed by atoms with Crippen molar-refractivity contribution in [3.8, 4) is 11.1 Å². The van der Waals surface area contributed by atoms with Gasteiger partial charge in [0.2, 0.25) is 0 Å². The molecule has 100 valence electrons. The number of pyridine rings is 1. The molecule has 3 nitrogen and oxygen atoms in total. The molecule has 0 saturated heterocycles. The van der Waals surface area contributed by atoms with Crippen molar-refractivity contribution in [3.63, 3.8) is 0 Å². The summed E-state index contributed by atoms with van der Waals surface area (Å²) in [7, 11) is 0. The van der Waals surface area contributed by atoms with Crippen molar-refractivity contribution in [2.45, 2.75) is 24.7 Å². The second kappa shape index (κ2) is 3.92. The van der Waals surface area contributed by atoms with Crippen molar-refractivity contribution in [1.82, 2.24) is 4.98 Å². The highest BCUT2D eigenvalue weighted by molar-refractivity contribution is 5.78. The Balaban J connectivity index is 1.73. The number of fused-ring (bicyclic) bond motifs is 2. The standard InChI is InChI=1S/C17H15NO2/c19-16(20)15-9-17(15)6-5-12-8-11(3-4-14(12)17)13-2-1-7-18-10-13/h1-4,7-8,10,15H,5-6,9H2,(H,19,20). The summed E-state index contributed by atoms with van der Waals surface area (Å²) in [5.41, 5.74) is 4.80. The van der Waals surface area contributed by atoms with Gasteiger partial charge in [-0.05, 0) is 47.6 Å². The van der Waals surface area contributed by atoms with Gasteiger partial charge in [-0.15, -0.1) is 0 Å². The van der Waals surface area contributed by atoms with E-state index in [9.17, 15) is 9.90 Å². The van der Waals surface area contributed by atoms with Crippen LogP contribution in [0.2, 0.25) is 0 Å². The van der Waals surface area contributed by atoms with Crippen molar-refractivity contribution in [1.29, 1.82) is 0 Å². The van der Waals surface area contributed by atoms with Gasteiger partial charge in [0.15, 0.2) is 0 Å². The lowest BCUT2D eigenvalue weighted by atomic mass is 9.93. The maximum absolute atomic E-state index is 11.2. The molecule has 1 fully saturated rings. The zero-order valence-electron chi connectivity index (χ0n) is 11.0. The first-order valence-corrected chi connectivity index (χ1v) is 6.97. The Bertz CT molecular complexity index is 695. The third-order valence-electron chi connectivity index (χ3n) is 4.85. The van der Waals surface area contributed by atoms with Crippen molar-refractivity contribution in [2.75, 3.05) is 0 Å². The Hall–Kier alpha value is -2.16. The summed E-state index contributed by atoms with van der Waals surface area (Å²) < 4.78 is 0. The van der Waals surface area contributed by atoms with Crippen LogP contribution in [0.3, 0.4) is 0 Å². The Kier molecular flexibility index (Phi) is 2.28. The van der Waals surface area contributed by atoms with E-state index >= 15 is 0 Å². The Morgan fingerprint density at radius 3 is 2.90 bits per heavy atom. The predicted octanol–water partition coefficient (Wildman–Crippen LogP) is 3.04. The van der Waals surface area contributed by atoms with Crippen LogP contribution in [0.4, 0.5) is 0 Å². The molecule has 2 aliphatic rings. The molecule has 0 bridgehead atoms. The van der Waals surface area contributed by atoms with E-state index in [2.05, 4.69) is 29.2 Å². The van der Waals surface area contributed by atoms with E-state index in [0.717, 1.165) is 24.8 Å². The summed E-state index contributed by atoms with van der Waals surface area (Å²) in [5.74, 6) is -0.817. The van der Waals surface area contributed by atoms with Crippen molar-refractivity contribution >= 4 is 5.97 Å². The van der Waals surface area contributed by atoms with Gasteiger partial charge >= 0.3 is 5.97 Å². The second-order valence-electron chi connectivity index (χ2n) is 5.86. The quantitative estimate of drug-likeness (QED) is 0.908. The molecule has 3 heteroatoms. The first kappa shape index (κ1) is 11.6. The topological polar surface area (TPSA) is 50.2 Å². The monoisotopic (exact) mass is 265 g/mol. The third kappa shape index (κ3) is 1.52. The molecule has 2 aliphatic carbocycles. The molecule has 0 amide bonds. The van der Waals surface area contributed by atoms with Gasteiger partial charge in [-0.25, -0.2) is 0 Å². The summed E-state index contributed by atoms with van der Waals surface area (Å²) in [6.45, 7) is 0. The van der Waals surface area contributed by atoms with Crippen LogP contribution in [-0.2, 0) is 16.6 Å². The molecule has 2 unspecified atom stereocenters. The molecular weight excluding hydrogens is 250 g/mol. The summed E-state index contributed by atoms with van der Waals surface area (Å²) in [5, 5.41) is 9.23. The Labute approximate surface area is 117 Å². The molecule has 1 N–H and O–H groups in total. The molecule has 1 spiro atoms. The minimum absolute atomic E-state index is 0.0609. The highest BCUT2D eigenvalue weighted by Gasteiger charge is 2.61. The number of nitrogens with zero attached hydrogens (tertiary/aromatic N) is 1. The van der Waals surface area contributed by atoms with Crippen LogP contribution in [-0.4, -0.2) is 16.1 Å². The number of benzene rings is 1. The molecule has 2 aromatic rings. The highest BCUT2D eigenvalue weighted by atomic mass is 16.4. The van der Waals surface area contributed by atoms with Gasteiger partial charge in [0.1, 0.15) is 0 Å². The van der Waals surface area contributed by atoms with Crippen LogP contribution in [0, 0.1) is 5.92 Å². The fourth-order valence-electron chi connectivity index (χ4n) is 3.69. The number of aliphatic carboxylic acids is 1. The summed E-state index contributed by atoms with van der Waals surface area (Å²) >= 11 is 0. The van der Waals surface area contributed by atoms with E-state index in [4.69, 9.17) is 0 Å². The van der Waals surface area contributed by atoms with E-state index in [1.165, 1.54) is 16.7 Å². The van der Waals surface area contributed by atoms with Crippen molar-refractivity contribution in [3.05, 3.63) is 53.9 Å². The number of carbonyl (C=O) groups is 1. The number of aryl methyl sites for hydroxylation is 1. The molecular formula is C17H15NO2. The zero-order chi connectivity index (χ0) is 13.7. The minimum Gasteiger partial charge on any atom is -0.481 e. The molecule has 1 aromatic carbocycles. The van der Waals surface area contributed by atoms with E-state index in [1.807, 2.05) is 12.3 Å². The molecule has 2 atom stereocenters. The molecule has 1 saturated carbocycles. The Morgan fingerprint density at radius 2 is 2.20 bits per heavy atom. The normalized spacial score (nSPS) is 26.5. The number of carboxylic acid groups (broad SMARTS) is 1. The summed E-state index contributed by atoms with van der Waals surface area (Å²) in [4.78, 5) is 15.4. The molecule has 4 rings (SSSR count). The molecule has 1 heterocycles. The lowest BCUT2D eigenvalue weighted by Gasteiger charge is -2.11. The van der Waals surface area contributed by atoms with Gasteiger partial charge in [-0.1, -0.05) is 24.3 Å². The maximum Gasteiger partial charge on any atom is 0.307 e. The predicted molar refractivity (Wildman–Crippen MR) is 75.4 cm³/mol. The van der Waals surface area contributed by atoms with E-state index in [0.29, 0.717) is 0 Å². The zero-order valence-corrected chi connectivity index (χ0v) is 11.0. The van der Waals surface area contributed by atoms with Gasteiger partial charge in [-0.2, -0.15) is 0 Å². The lowest BCUT2D eigenvalue weighted by Crippen LogP contribution is -2.11. The first-order chi connectivity index (χ1) is 9.71. The van der Waals surface area contributed by atoms with Gasteiger partial charge in [0, 0.05) is 17.8 Å². The Morgan fingerprint density at radius 1 is 1.30 bits per heavy atom. The van der Waals surface area contributed by atoms with Crippen LogP contribution < -0.4 is 0 Å². The van der Waals surface area contributed by atoms with Crippen LogP contribution in [0.1, 0.15) is 24.0 Å². The molecule has 0 radical (unpaired) electrons. The summed E-state index contributed by atoms with van der Waals surface area (Å²) in [6, 6.07) is 10.4. The smallest absolute Gasteiger partial charge is 0.307 e. The van der Waals surface area contributed by atoms with Crippen molar-refractivity contribution < 1.29 is 9.90 Å². The molecule has 0 aliphatic heterocycles. The molecule has 20 heavy (non-hydrogen) atoms.